The van der Waals surface area contributed by atoms with E-state index in [9.17, 15) is 17.6 Å². The Balaban J connectivity index is 1.48. The molecule has 4 aliphatic heterocycles. The fourth-order valence-electron chi connectivity index (χ4n) is 6.46. The van der Waals surface area contributed by atoms with Gasteiger partial charge in [0, 0.05) is 39.4 Å². The molecule has 0 radical (unpaired) electrons. The van der Waals surface area contributed by atoms with Crippen LogP contribution in [0.1, 0.15) is 39.0 Å². The topological polar surface area (TPSA) is 132 Å². The molecule has 3 saturated heterocycles. The van der Waals surface area contributed by atoms with E-state index in [1.165, 1.54) is 24.6 Å². The summed E-state index contributed by atoms with van der Waals surface area (Å²) in [6, 6.07) is -1.57. The number of nitrogens with zero attached hydrogens (tertiary/aromatic N) is 3. The van der Waals surface area contributed by atoms with Crippen molar-refractivity contribution in [2.75, 3.05) is 40.3 Å². The predicted octanol–water partition coefficient (Wildman–Crippen LogP) is -0.393. The standard InChI is InChI=1S/C24H43F2N7O3S/c1-14-10-19-21(23(27)30-18(14)5-4-15(25)11-29-19)24(34)31-20-13-28-12-17(26)22(20)33-8-6-16(7-9-33)37(35,36)32(2)3/h11,14-23,28,30H,4-10,12-13,27H2,1-3H3,(H,31,34). The maximum Gasteiger partial charge on any atom is 0.228 e. The van der Waals surface area contributed by atoms with Crippen molar-refractivity contribution in [3.8, 4) is 0 Å². The normalized spacial score (nSPS) is 40.6. The van der Waals surface area contributed by atoms with Crippen LogP contribution in [0, 0.1) is 11.8 Å². The van der Waals surface area contributed by atoms with Crippen LogP contribution in [-0.4, -0.2) is 118 Å². The highest BCUT2D eigenvalue weighted by atomic mass is 32.2. The monoisotopic (exact) mass is 547 g/mol. The zero-order chi connectivity index (χ0) is 26.9. The molecule has 2 bridgehead atoms. The largest absolute Gasteiger partial charge is 0.350 e. The first-order chi connectivity index (χ1) is 17.5. The molecule has 3 fully saturated rings. The van der Waals surface area contributed by atoms with Crippen molar-refractivity contribution in [3.63, 3.8) is 0 Å². The van der Waals surface area contributed by atoms with E-state index in [0.717, 1.165) is 0 Å². The Morgan fingerprint density at radius 1 is 1.16 bits per heavy atom. The van der Waals surface area contributed by atoms with Crippen molar-refractivity contribution in [1.82, 2.24) is 25.2 Å². The molecule has 4 rings (SSSR count). The van der Waals surface area contributed by atoms with Gasteiger partial charge in [0.1, 0.15) is 12.3 Å². The van der Waals surface area contributed by atoms with Gasteiger partial charge >= 0.3 is 0 Å². The van der Waals surface area contributed by atoms with Crippen LogP contribution in [0.4, 0.5) is 8.78 Å². The molecule has 5 N–H and O–H groups in total. The lowest BCUT2D eigenvalue weighted by Gasteiger charge is -2.45. The lowest BCUT2D eigenvalue weighted by molar-refractivity contribution is -0.128. The summed E-state index contributed by atoms with van der Waals surface area (Å²) in [5, 5.41) is 8.97. The van der Waals surface area contributed by atoms with Crippen LogP contribution >= 0.6 is 0 Å². The molecule has 9 atom stereocenters. The number of carbonyl (C=O) groups is 1. The molecule has 0 aliphatic carbocycles. The molecule has 13 heteroatoms. The summed E-state index contributed by atoms with van der Waals surface area (Å²) < 4.78 is 55.9. The van der Waals surface area contributed by atoms with Gasteiger partial charge in [0.05, 0.1) is 35.5 Å². The summed E-state index contributed by atoms with van der Waals surface area (Å²) in [6.45, 7) is 3.50. The summed E-state index contributed by atoms with van der Waals surface area (Å²) in [4.78, 5) is 20.1. The van der Waals surface area contributed by atoms with Crippen LogP contribution in [0.3, 0.4) is 0 Å². The zero-order valence-corrected chi connectivity index (χ0v) is 22.8. The molecular weight excluding hydrogens is 504 g/mol. The Kier molecular flexibility index (Phi) is 9.22. The molecule has 9 unspecified atom stereocenters. The van der Waals surface area contributed by atoms with Crippen molar-refractivity contribution in [2.45, 2.75) is 87.0 Å². The first-order valence-electron chi connectivity index (χ1n) is 13.5. The number of carbonyl (C=O) groups excluding carboxylic acids is 1. The van der Waals surface area contributed by atoms with E-state index < -0.39 is 57.8 Å². The molecule has 4 aliphatic rings. The Morgan fingerprint density at radius 3 is 2.54 bits per heavy atom. The number of nitrogens with one attached hydrogen (secondary N) is 3. The molecule has 0 aromatic rings. The first-order valence-corrected chi connectivity index (χ1v) is 15.0. The molecule has 212 valence electrons. The minimum atomic E-state index is -3.38. The highest BCUT2D eigenvalue weighted by Gasteiger charge is 2.45. The Hall–Kier alpha value is -1.25. The van der Waals surface area contributed by atoms with Crippen LogP contribution in [0.5, 0.6) is 0 Å². The number of hydrogen-bond acceptors (Lipinski definition) is 8. The van der Waals surface area contributed by atoms with Gasteiger partial charge < -0.3 is 16.4 Å². The fourth-order valence-corrected chi connectivity index (χ4v) is 7.86. The summed E-state index contributed by atoms with van der Waals surface area (Å²) in [7, 11) is -0.318. The molecule has 4 heterocycles. The van der Waals surface area contributed by atoms with Crippen LogP contribution in [-0.2, 0) is 14.8 Å². The Bertz CT molecular complexity index is 931. The van der Waals surface area contributed by atoms with Crippen LogP contribution in [0.25, 0.3) is 0 Å². The van der Waals surface area contributed by atoms with E-state index in [0.29, 0.717) is 51.7 Å². The fraction of sp³-hybridized carbons (Fsp3) is 0.917. The van der Waals surface area contributed by atoms with E-state index >= 15 is 4.39 Å². The third kappa shape index (κ3) is 6.33. The molecule has 0 spiro atoms. The number of likely N-dealkylation sites (tertiary alicyclic amines) is 1. The number of piperidine rings is 2. The number of nitrogens with two attached hydrogens (primary N) is 1. The van der Waals surface area contributed by atoms with Crippen molar-refractivity contribution >= 4 is 22.1 Å². The highest BCUT2D eigenvalue weighted by molar-refractivity contribution is 7.89. The maximum atomic E-state index is 15.3. The third-order valence-corrected chi connectivity index (χ3v) is 11.0. The summed E-state index contributed by atoms with van der Waals surface area (Å²) >= 11 is 0. The van der Waals surface area contributed by atoms with E-state index in [4.69, 9.17) is 5.73 Å². The lowest BCUT2D eigenvalue weighted by Crippen LogP contribution is -2.67. The second-order valence-electron chi connectivity index (χ2n) is 11.3. The van der Waals surface area contributed by atoms with Crippen molar-refractivity contribution < 1.29 is 22.0 Å². The number of alkyl halides is 2. The number of fused-ring (bicyclic) bond motifs is 3. The Morgan fingerprint density at radius 2 is 1.86 bits per heavy atom. The maximum absolute atomic E-state index is 15.3. The van der Waals surface area contributed by atoms with Gasteiger partial charge in [0.25, 0.3) is 0 Å². The summed E-state index contributed by atoms with van der Waals surface area (Å²) in [6.07, 6.45) is 0.682. The second-order valence-corrected chi connectivity index (χ2v) is 13.8. The molecule has 37 heavy (non-hydrogen) atoms. The predicted molar refractivity (Wildman–Crippen MR) is 139 cm³/mol. The van der Waals surface area contributed by atoms with Gasteiger partial charge in [0.2, 0.25) is 15.9 Å². The molecule has 0 aromatic heterocycles. The van der Waals surface area contributed by atoms with Crippen molar-refractivity contribution in [2.24, 2.45) is 22.6 Å². The molecule has 0 aromatic carbocycles. The van der Waals surface area contributed by atoms with Gasteiger partial charge in [-0.2, -0.15) is 0 Å². The average molecular weight is 548 g/mol. The second kappa shape index (κ2) is 11.9. The number of rotatable bonds is 5. The number of amides is 1. The SMILES string of the molecule is CC1CC2N=CC(F)CCC1NC(N)C2C(=O)NC1CNCC(F)C1N1CCC(S(=O)(=O)N(C)C)CC1. The molecule has 0 saturated carbocycles. The zero-order valence-electron chi connectivity index (χ0n) is 22.0. The van der Waals surface area contributed by atoms with Gasteiger partial charge in [-0.15, -0.1) is 0 Å². The highest BCUT2D eigenvalue weighted by Crippen LogP contribution is 2.30. The van der Waals surface area contributed by atoms with Gasteiger partial charge in [-0.3, -0.25) is 20.0 Å². The minimum Gasteiger partial charge on any atom is -0.350 e. The molecular formula is C24H43F2N7O3S. The molecule has 1 amide bonds. The quantitative estimate of drug-likeness (QED) is 0.369. The van der Waals surface area contributed by atoms with Gasteiger partial charge in [0.15, 0.2) is 0 Å². The lowest BCUT2D eigenvalue weighted by atomic mass is 9.88. The van der Waals surface area contributed by atoms with E-state index in [-0.39, 0.29) is 24.4 Å². The number of sulfonamides is 1. The smallest absolute Gasteiger partial charge is 0.228 e. The van der Waals surface area contributed by atoms with Crippen LogP contribution in [0.15, 0.2) is 4.99 Å². The van der Waals surface area contributed by atoms with E-state index in [2.05, 4.69) is 27.9 Å². The summed E-state index contributed by atoms with van der Waals surface area (Å²) in [5.41, 5.74) is 6.48. The third-order valence-electron chi connectivity index (χ3n) is 8.65. The van der Waals surface area contributed by atoms with Crippen molar-refractivity contribution in [1.29, 1.82) is 0 Å². The van der Waals surface area contributed by atoms with E-state index in [1.807, 2.05) is 4.90 Å². The van der Waals surface area contributed by atoms with Crippen LogP contribution < -0.4 is 21.7 Å². The number of halogens is 2. The minimum absolute atomic E-state index is 0.00527. The summed E-state index contributed by atoms with van der Waals surface area (Å²) in [5.74, 6) is -0.858. The van der Waals surface area contributed by atoms with Crippen molar-refractivity contribution in [3.05, 3.63) is 0 Å². The Labute approximate surface area is 219 Å². The van der Waals surface area contributed by atoms with Crippen LogP contribution in [0.2, 0.25) is 0 Å². The van der Waals surface area contributed by atoms with Gasteiger partial charge in [-0.25, -0.2) is 21.5 Å². The average Bonchev–Trinajstić information content (AvgIpc) is 2.92. The first kappa shape index (κ1) is 28.8. The number of aliphatic imine (C=N–C) groups is 1. The number of hydrogen-bond donors (Lipinski definition) is 4. The van der Waals surface area contributed by atoms with Gasteiger partial charge in [-0.05, 0) is 51.1 Å². The molecule has 10 nitrogen and oxygen atoms in total. The van der Waals surface area contributed by atoms with E-state index in [1.54, 1.807) is 0 Å². The van der Waals surface area contributed by atoms with Gasteiger partial charge in [-0.1, -0.05) is 6.92 Å².